The van der Waals surface area contributed by atoms with Crippen molar-refractivity contribution < 1.29 is 14.2 Å². The molecule has 2 saturated carbocycles. The Morgan fingerprint density at radius 1 is 0.875 bits per heavy atom. The Kier molecular flexibility index (Phi) is 5.88. The van der Waals surface area contributed by atoms with E-state index in [4.69, 9.17) is 14.2 Å². The Balaban J connectivity index is 1.62. The monoisotopic (exact) mass is 333 g/mol. The standard InChI is InChI=1S/C20H31NO3/c1-22-18-10-14(11-19(23-2)20(18)24-3)13-21-17-9-8-15-6-4-5-7-16(15)12-17/h10-11,15-17,21H,4-9,12-13H2,1-3H3/t15-,16-,17+/m0/s1. The van der Waals surface area contributed by atoms with E-state index in [0.717, 1.165) is 29.9 Å². The van der Waals surface area contributed by atoms with Crippen molar-refractivity contribution in [2.24, 2.45) is 11.8 Å². The Bertz CT molecular complexity index is 521. The molecule has 0 heterocycles. The zero-order valence-electron chi connectivity index (χ0n) is 15.3. The predicted octanol–water partition coefficient (Wildman–Crippen LogP) is 4.16. The van der Waals surface area contributed by atoms with E-state index in [-0.39, 0.29) is 0 Å². The molecule has 2 aliphatic rings. The minimum atomic E-state index is 0.642. The summed E-state index contributed by atoms with van der Waals surface area (Å²) in [5.41, 5.74) is 1.18. The molecule has 4 heteroatoms. The molecule has 0 amide bonds. The highest BCUT2D eigenvalue weighted by atomic mass is 16.5. The summed E-state index contributed by atoms with van der Waals surface area (Å²) in [6.45, 7) is 0.846. The van der Waals surface area contributed by atoms with Gasteiger partial charge in [-0.25, -0.2) is 0 Å². The number of nitrogens with one attached hydrogen (secondary N) is 1. The average molecular weight is 333 g/mol. The third-order valence-electron chi connectivity index (χ3n) is 5.86. The molecular weight excluding hydrogens is 302 g/mol. The summed E-state index contributed by atoms with van der Waals surface area (Å²) in [7, 11) is 4.97. The van der Waals surface area contributed by atoms with Gasteiger partial charge in [0.25, 0.3) is 0 Å². The van der Waals surface area contributed by atoms with Crippen LogP contribution in [0.4, 0.5) is 0 Å². The van der Waals surface area contributed by atoms with Gasteiger partial charge in [-0.2, -0.15) is 0 Å². The molecule has 0 bridgehead atoms. The molecule has 4 nitrogen and oxygen atoms in total. The topological polar surface area (TPSA) is 39.7 Å². The molecular formula is C20H31NO3. The van der Waals surface area contributed by atoms with Crippen LogP contribution in [0.1, 0.15) is 50.5 Å². The fourth-order valence-corrected chi connectivity index (χ4v) is 4.56. The quantitative estimate of drug-likeness (QED) is 0.848. The molecule has 134 valence electrons. The lowest BCUT2D eigenvalue weighted by Crippen LogP contribution is -2.38. The lowest BCUT2D eigenvalue weighted by Gasteiger charge is -2.39. The highest BCUT2D eigenvalue weighted by Crippen LogP contribution is 2.41. The molecule has 0 unspecified atom stereocenters. The smallest absolute Gasteiger partial charge is 0.203 e. The van der Waals surface area contributed by atoms with E-state index in [1.807, 2.05) is 12.1 Å². The van der Waals surface area contributed by atoms with Crippen LogP contribution in [0.3, 0.4) is 0 Å². The Labute approximate surface area is 145 Å². The minimum Gasteiger partial charge on any atom is -0.493 e. The normalized spacial score (nSPS) is 26.5. The molecule has 3 atom stereocenters. The SMILES string of the molecule is COc1cc(CN[C@@H]2CC[C@@H]3CCCC[C@H]3C2)cc(OC)c1OC. The van der Waals surface area contributed by atoms with Gasteiger partial charge in [0.2, 0.25) is 5.75 Å². The van der Waals surface area contributed by atoms with Crippen LogP contribution in [-0.4, -0.2) is 27.4 Å². The van der Waals surface area contributed by atoms with Gasteiger partial charge in [-0.05, 0) is 48.8 Å². The summed E-state index contributed by atoms with van der Waals surface area (Å²) in [4.78, 5) is 0. The molecule has 1 N–H and O–H groups in total. The number of ether oxygens (including phenoxy) is 3. The maximum Gasteiger partial charge on any atom is 0.203 e. The van der Waals surface area contributed by atoms with Crippen LogP contribution >= 0.6 is 0 Å². The van der Waals surface area contributed by atoms with Crippen molar-refractivity contribution in [3.63, 3.8) is 0 Å². The fourth-order valence-electron chi connectivity index (χ4n) is 4.56. The van der Waals surface area contributed by atoms with Crippen molar-refractivity contribution in [1.29, 1.82) is 0 Å². The zero-order valence-corrected chi connectivity index (χ0v) is 15.3. The average Bonchev–Trinajstić information content (AvgIpc) is 2.65. The highest BCUT2D eigenvalue weighted by molar-refractivity contribution is 5.53. The number of rotatable bonds is 6. The summed E-state index contributed by atoms with van der Waals surface area (Å²) in [5, 5.41) is 3.76. The van der Waals surface area contributed by atoms with Crippen LogP contribution in [0.2, 0.25) is 0 Å². The van der Waals surface area contributed by atoms with Crippen LogP contribution in [0, 0.1) is 11.8 Å². The number of hydrogen-bond donors (Lipinski definition) is 1. The first-order valence-electron chi connectivity index (χ1n) is 9.27. The van der Waals surface area contributed by atoms with Crippen molar-refractivity contribution in [2.45, 2.75) is 57.5 Å². The summed E-state index contributed by atoms with van der Waals surface area (Å²) in [5.74, 6) is 4.06. The van der Waals surface area contributed by atoms with Gasteiger partial charge < -0.3 is 19.5 Å². The van der Waals surface area contributed by atoms with Crippen LogP contribution in [-0.2, 0) is 6.54 Å². The molecule has 3 rings (SSSR count). The first-order chi connectivity index (χ1) is 11.7. The molecule has 0 aliphatic heterocycles. The second kappa shape index (κ2) is 8.11. The Hall–Kier alpha value is -1.42. The maximum atomic E-state index is 5.45. The molecule has 0 radical (unpaired) electrons. The molecule has 0 saturated heterocycles. The highest BCUT2D eigenvalue weighted by Gasteiger charge is 2.31. The summed E-state index contributed by atoms with van der Waals surface area (Å²) < 4.78 is 16.3. The molecule has 0 aromatic heterocycles. The Morgan fingerprint density at radius 3 is 2.17 bits per heavy atom. The van der Waals surface area contributed by atoms with Crippen LogP contribution in [0.5, 0.6) is 17.2 Å². The summed E-state index contributed by atoms with van der Waals surface area (Å²) in [6.07, 6.45) is 9.83. The molecule has 0 spiro atoms. The van der Waals surface area contributed by atoms with E-state index in [2.05, 4.69) is 5.32 Å². The summed E-state index contributed by atoms with van der Waals surface area (Å²) >= 11 is 0. The van der Waals surface area contributed by atoms with Crippen LogP contribution < -0.4 is 19.5 Å². The van der Waals surface area contributed by atoms with Gasteiger partial charge in [0, 0.05) is 12.6 Å². The van der Waals surface area contributed by atoms with Crippen molar-refractivity contribution in [1.82, 2.24) is 5.32 Å². The van der Waals surface area contributed by atoms with E-state index >= 15 is 0 Å². The first kappa shape index (κ1) is 17.4. The number of hydrogen-bond acceptors (Lipinski definition) is 4. The number of fused-ring (bicyclic) bond motifs is 1. The van der Waals surface area contributed by atoms with Gasteiger partial charge in [-0.3, -0.25) is 0 Å². The van der Waals surface area contributed by atoms with Gasteiger partial charge in [-0.1, -0.05) is 25.7 Å². The lowest BCUT2D eigenvalue weighted by atomic mass is 9.69. The van der Waals surface area contributed by atoms with Crippen molar-refractivity contribution in [3.05, 3.63) is 17.7 Å². The summed E-state index contributed by atoms with van der Waals surface area (Å²) in [6, 6.07) is 4.73. The van der Waals surface area contributed by atoms with Crippen LogP contribution in [0.15, 0.2) is 12.1 Å². The number of benzene rings is 1. The predicted molar refractivity (Wildman–Crippen MR) is 96.0 cm³/mol. The van der Waals surface area contributed by atoms with Gasteiger partial charge in [0.1, 0.15) is 0 Å². The second-order valence-electron chi connectivity index (χ2n) is 7.23. The first-order valence-corrected chi connectivity index (χ1v) is 9.27. The number of methoxy groups -OCH3 is 3. The third-order valence-corrected chi connectivity index (χ3v) is 5.86. The molecule has 1 aromatic carbocycles. The van der Waals surface area contributed by atoms with Gasteiger partial charge in [-0.15, -0.1) is 0 Å². The molecule has 2 fully saturated rings. The molecule has 1 aromatic rings. The fraction of sp³-hybridized carbons (Fsp3) is 0.700. The molecule has 24 heavy (non-hydrogen) atoms. The van der Waals surface area contributed by atoms with Crippen molar-refractivity contribution in [2.75, 3.05) is 21.3 Å². The van der Waals surface area contributed by atoms with Crippen molar-refractivity contribution in [3.8, 4) is 17.2 Å². The van der Waals surface area contributed by atoms with Gasteiger partial charge in [0.15, 0.2) is 11.5 Å². The maximum absolute atomic E-state index is 5.45. The van der Waals surface area contributed by atoms with Gasteiger partial charge in [0.05, 0.1) is 21.3 Å². The van der Waals surface area contributed by atoms with E-state index in [9.17, 15) is 0 Å². The van der Waals surface area contributed by atoms with Gasteiger partial charge >= 0.3 is 0 Å². The van der Waals surface area contributed by atoms with E-state index < -0.39 is 0 Å². The zero-order chi connectivity index (χ0) is 16.9. The van der Waals surface area contributed by atoms with Crippen LogP contribution in [0.25, 0.3) is 0 Å². The minimum absolute atomic E-state index is 0.642. The largest absolute Gasteiger partial charge is 0.493 e. The third kappa shape index (κ3) is 3.80. The Morgan fingerprint density at radius 2 is 1.54 bits per heavy atom. The van der Waals surface area contributed by atoms with E-state index in [0.29, 0.717) is 11.8 Å². The van der Waals surface area contributed by atoms with E-state index in [1.54, 1.807) is 21.3 Å². The lowest BCUT2D eigenvalue weighted by molar-refractivity contribution is 0.143. The molecule has 2 aliphatic carbocycles. The van der Waals surface area contributed by atoms with E-state index in [1.165, 1.54) is 50.5 Å². The van der Waals surface area contributed by atoms with Crippen molar-refractivity contribution >= 4 is 0 Å². The second-order valence-corrected chi connectivity index (χ2v) is 7.23.